The van der Waals surface area contributed by atoms with Gasteiger partial charge in [0.25, 0.3) is 0 Å². The molecule has 0 unspecified atom stereocenters. The molecule has 2 nitrogen and oxygen atoms in total. The van der Waals surface area contributed by atoms with Gasteiger partial charge in [-0.15, -0.1) is 0 Å². The predicted octanol–water partition coefficient (Wildman–Crippen LogP) is 3.65. The Balaban J connectivity index is 1.99. The predicted molar refractivity (Wildman–Crippen MR) is 79.7 cm³/mol. The zero-order chi connectivity index (χ0) is 13.9. The summed E-state index contributed by atoms with van der Waals surface area (Å²) in [4.78, 5) is 0. The third-order valence-corrected chi connectivity index (χ3v) is 3.00. The minimum atomic E-state index is 0.00723. The third-order valence-electron chi connectivity index (χ3n) is 3.00. The van der Waals surface area contributed by atoms with Crippen LogP contribution in [0.1, 0.15) is 11.1 Å². The van der Waals surface area contributed by atoms with Gasteiger partial charge < -0.3 is 10.2 Å². The van der Waals surface area contributed by atoms with Crippen LogP contribution in [0.5, 0.6) is 11.5 Å². The number of fused-ring (bicyclic) bond motifs is 1. The van der Waals surface area contributed by atoms with Gasteiger partial charge in [0.1, 0.15) is 11.5 Å². The largest absolute Gasteiger partial charge is 0.508 e. The molecule has 0 aliphatic carbocycles. The molecule has 0 bridgehead atoms. The molecule has 0 amide bonds. The average Bonchev–Trinajstić information content (AvgIpc) is 2.44. The number of aromatic hydroxyl groups is 2. The van der Waals surface area contributed by atoms with Crippen LogP contribution >= 0.6 is 0 Å². The van der Waals surface area contributed by atoms with Crippen LogP contribution < -0.4 is 0 Å². The number of benzene rings is 3. The highest BCUT2D eigenvalue weighted by Gasteiger charge is 1.96. The van der Waals surface area contributed by atoms with E-state index >= 15 is 0 Å². The van der Waals surface area contributed by atoms with Crippen LogP contribution in [0.3, 0.4) is 0 Å². The fourth-order valence-electron chi connectivity index (χ4n) is 2.08. The van der Waals surface area contributed by atoms with Crippen LogP contribution in [0.2, 0.25) is 0 Å². The highest BCUT2D eigenvalue weighted by atomic mass is 16.3. The van der Waals surface area contributed by atoms with Gasteiger partial charge in [0.2, 0.25) is 0 Å². The molecule has 2 heteroatoms. The lowest BCUT2D eigenvalue weighted by molar-refractivity contribution is 0.450. The molecule has 2 N–H and O–H groups in total. The van der Waals surface area contributed by atoms with Crippen LogP contribution in [0, 0.1) is 11.8 Å². The summed E-state index contributed by atoms with van der Waals surface area (Å²) in [6.45, 7) is 0. The minimum absolute atomic E-state index is 0.00723. The Hall–Kier alpha value is -2.92. The van der Waals surface area contributed by atoms with Crippen molar-refractivity contribution in [2.75, 3.05) is 0 Å². The highest BCUT2D eigenvalue weighted by molar-refractivity contribution is 5.83. The Bertz CT molecular complexity index is 818. The van der Waals surface area contributed by atoms with Gasteiger partial charge in [-0.2, -0.15) is 0 Å². The lowest BCUT2D eigenvalue weighted by atomic mass is 10.1. The van der Waals surface area contributed by atoms with Crippen molar-refractivity contribution in [3.63, 3.8) is 0 Å². The van der Waals surface area contributed by atoms with Gasteiger partial charge in [0.05, 0.1) is 0 Å². The van der Waals surface area contributed by atoms with E-state index in [0.717, 1.165) is 10.9 Å². The normalized spacial score (nSPS) is 10.0. The molecule has 0 spiro atoms. The molecule has 0 saturated carbocycles. The summed E-state index contributed by atoms with van der Waals surface area (Å²) in [7, 11) is 0. The van der Waals surface area contributed by atoms with Gasteiger partial charge in [-0.3, -0.25) is 0 Å². The maximum absolute atomic E-state index is 9.40. The van der Waals surface area contributed by atoms with Crippen molar-refractivity contribution in [1.29, 1.82) is 0 Å². The molecule has 0 saturated heterocycles. The fraction of sp³-hybridized carbons (Fsp3) is 0. The van der Waals surface area contributed by atoms with Crippen molar-refractivity contribution >= 4 is 10.8 Å². The zero-order valence-corrected chi connectivity index (χ0v) is 10.7. The quantitative estimate of drug-likeness (QED) is 0.606. The van der Waals surface area contributed by atoms with E-state index in [9.17, 15) is 10.2 Å². The lowest BCUT2D eigenvalue weighted by Gasteiger charge is -1.98. The summed E-state index contributed by atoms with van der Waals surface area (Å²) in [6, 6.07) is 18.4. The summed E-state index contributed by atoms with van der Waals surface area (Å²) < 4.78 is 0. The number of rotatable bonds is 0. The topological polar surface area (TPSA) is 40.5 Å². The van der Waals surface area contributed by atoms with E-state index < -0.39 is 0 Å². The van der Waals surface area contributed by atoms with E-state index in [1.807, 2.05) is 36.4 Å². The molecule has 20 heavy (non-hydrogen) atoms. The zero-order valence-electron chi connectivity index (χ0n) is 10.7. The van der Waals surface area contributed by atoms with Crippen molar-refractivity contribution < 1.29 is 10.2 Å². The fourth-order valence-corrected chi connectivity index (χ4v) is 2.08. The molecule has 96 valence electrons. The molecular formula is C18H12O2. The molecule has 0 aliphatic rings. The van der Waals surface area contributed by atoms with Gasteiger partial charge in [-0.1, -0.05) is 42.2 Å². The summed E-state index contributed by atoms with van der Waals surface area (Å²) in [5.41, 5.74) is 1.47. The molecule has 0 heterocycles. The van der Waals surface area contributed by atoms with E-state index in [1.54, 1.807) is 0 Å². The van der Waals surface area contributed by atoms with Gasteiger partial charge in [-0.25, -0.2) is 0 Å². The Kier molecular flexibility index (Phi) is 3.02. The average molecular weight is 260 g/mol. The maximum Gasteiger partial charge on any atom is 0.120 e. The third kappa shape index (κ3) is 2.57. The first-order chi connectivity index (χ1) is 9.70. The van der Waals surface area contributed by atoms with Crippen LogP contribution in [0.25, 0.3) is 10.8 Å². The Morgan fingerprint density at radius 1 is 0.600 bits per heavy atom. The molecule has 0 radical (unpaired) electrons. The van der Waals surface area contributed by atoms with Crippen LogP contribution in [-0.4, -0.2) is 10.2 Å². The second-order valence-electron chi connectivity index (χ2n) is 4.55. The van der Waals surface area contributed by atoms with Crippen molar-refractivity contribution in [3.8, 4) is 23.3 Å². The van der Waals surface area contributed by atoms with Gasteiger partial charge in [0.15, 0.2) is 0 Å². The van der Waals surface area contributed by atoms with E-state index in [2.05, 4.69) is 17.9 Å². The molecular weight excluding hydrogens is 248 g/mol. The van der Waals surface area contributed by atoms with Crippen molar-refractivity contribution in [2.24, 2.45) is 0 Å². The monoisotopic (exact) mass is 260 g/mol. The van der Waals surface area contributed by atoms with Crippen molar-refractivity contribution in [2.45, 2.75) is 0 Å². The molecule has 0 atom stereocenters. The van der Waals surface area contributed by atoms with Gasteiger partial charge >= 0.3 is 0 Å². The number of phenols is 2. The molecule has 0 aromatic heterocycles. The number of hydrogen-bond acceptors (Lipinski definition) is 2. The van der Waals surface area contributed by atoms with Crippen molar-refractivity contribution in [1.82, 2.24) is 0 Å². The number of phenolic OH excluding ortho intramolecular Hbond substituents is 2. The minimum Gasteiger partial charge on any atom is -0.508 e. The Morgan fingerprint density at radius 2 is 1.25 bits per heavy atom. The second-order valence-corrected chi connectivity index (χ2v) is 4.55. The second kappa shape index (κ2) is 4.99. The van der Waals surface area contributed by atoms with Crippen LogP contribution in [-0.2, 0) is 0 Å². The van der Waals surface area contributed by atoms with Gasteiger partial charge in [-0.05, 0) is 35.0 Å². The van der Waals surface area contributed by atoms with E-state index in [4.69, 9.17) is 0 Å². The van der Waals surface area contributed by atoms with E-state index in [1.165, 1.54) is 23.6 Å². The first kappa shape index (κ1) is 12.1. The summed E-state index contributed by atoms with van der Waals surface area (Å²) in [6.07, 6.45) is 0. The van der Waals surface area contributed by atoms with Crippen LogP contribution in [0.15, 0.2) is 60.7 Å². The molecule has 3 rings (SSSR count). The van der Waals surface area contributed by atoms with Crippen molar-refractivity contribution in [3.05, 3.63) is 71.8 Å². The lowest BCUT2D eigenvalue weighted by Crippen LogP contribution is -1.78. The number of hydrogen-bond donors (Lipinski definition) is 2. The smallest absolute Gasteiger partial charge is 0.120 e. The molecule has 3 aromatic carbocycles. The highest BCUT2D eigenvalue weighted by Crippen LogP contribution is 2.20. The first-order valence-corrected chi connectivity index (χ1v) is 6.24. The molecule has 0 aliphatic heterocycles. The Morgan fingerprint density at radius 3 is 2.00 bits per heavy atom. The summed E-state index contributed by atoms with van der Waals surface area (Å²) in [5, 5.41) is 21.1. The standard InChI is InChI=1S/C18H12O2/c19-17-10-14(11-18(20)12-17)6-5-13-7-8-15-3-1-2-4-16(15)9-13/h1-4,7-12,19-20H. The summed E-state index contributed by atoms with van der Waals surface area (Å²) >= 11 is 0. The van der Waals surface area contributed by atoms with Gasteiger partial charge in [0, 0.05) is 17.2 Å². The summed E-state index contributed by atoms with van der Waals surface area (Å²) in [5.74, 6) is 5.99. The maximum atomic E-state index is 9.40. The van der Waals surface area contributed by atoms with E-state index in [0.29, 0.717) is 5.56 Å². The Labute approximate surface area is 116 Å². The van der Waals surface area contributed by atoms with E-state index in [-0.39, 0.29) is 11.5 Å². The molecule has 3 aromatic rings. The SMILES string of the molecule is Oc1cc(O)cc(C#Cc2ccc3ccccc3c2)c1. The molecule has 0 fully saturated rings. The van der Waals surface area contributed by atoms with Crippen LogP contribution in [0.4, 0.5) is 0 Å². The first-order valence-electron chi connectivity index (χ1n) is 6.24.